The summed E-state index contributed by atoms with van der Waals surface area (Å²) in [5.41, 5.74) is 5.59. The van der Waals surface area contributed by atoms with Crippen molar-refractivity contribution in [2.24, 2.45) is 5.41 Å². The molecule has 0 bridgehead atoms. The summed E-state index contributed by atoms with van der Waals surface area (Å²) < 4.78 is 8.66. The van der Waals surface area contributed by atoms with Crippen LogP contribution in [0.5, 0.6) is 5.75 Å². The van der Waals surface area contributed by atoms with Gasteiger partial charge in [0.2, 0.25) is 0 Å². The molecule has 5 heteroatoms. The number of carboxylic acids is 1. The molecule has 176 valence electrons. The van der Waals surface area contributed by atoms with Crippen LogP contribution in [-0.2, 0) is 19.6 Å². The highest BCUT2D eigenvalue weighted by Gasteiger charge is 2.16. The molecular weight excluding hydrogens is 424 g/mol. The fourth-order valence-electron chi connectivity index (χ4n) is 4.32. The molecule has 0 unspecified atom stereocenters. The highest BCUT2D eigenvalue weighted by molar-refractivity contribution is 5.89. The monoisotopic (exact) mass is 456 g/mol. The van der Waals surface area contributed by atoms with Crippen molar-refractivity contribution < 1.29 is 14.6 Å². The van der Waals surface area contributed by atoms with Crippen molar-refractivity contribution in [2.75, 3.05) is 0 Å². The van der Waals surface area contributed by atoms with E-state index in [1.165, 1.54) is 22.7 Å². The zero-order valence-electron chi connectivity index (χ0n) is 20.3. The molecule has 4 rings (SSSR count). The normalized spacial score (nSPS) is 11.6. The van der Waals surface area contributed by atoms with Crippen LogP contribution >= 0.6 is 0 Å². The molecule has 0 aliphatic carbocycles. The molecule has 0 spiro atoms. The Labute approximate surface area is 201 Å². The fourth-order valence-corrected chi connectivity index (χ4v) is 4.32. The summed E-state index contributed by atoms with van der Waals surface area (Å²) in [6.45, 7) is 10.4. The number of aryl methyl sites for hydroxylation is 1. The number of rotatable bonds is 8. The molecule has 0 saturated carbocycles. The van der Waals surface area contributed by atoms with Crippen molar-refractivity contribution in [2.45, 2.75) is 53.7 Å². The van der Waals surface area contributed by atoms with Gasteiger partial charge in [-0.1, -0.05) is 52.3 Å². The van der Waals surface area contributed by atoms with Gasteiger partial charge in [0, 0.05) is 47.2 Å². The molecule has 1 N–H and O–H groups in total. The second-order valence-corrected chi connectivity index (χ2v) is 9.99. The van der Waals surface area contributed by atoms with Gasteiger partial charge in [-0.05, 0) is 53.3 Å². The smallest absolute Gasteiger partial charge is 0.337 e. The molecule has 0 amide bonds. The summed E-state index contributed by atoms with van der Waals surface area (Å²) in [4.78, 5) is 15.4. The number of carboxylic acid groups (broad SMARTS) is 1. The van der Waals surface area contributed by atoms with E-state index in [2.05, 4.69) is 61.6 Å². The van der Waals surface area contributed by atoms with E-state index in [1.807, 2.05) is 24.3 Å². The molecule has 5 nitrogen and oxygen atoms in total. The first-order valence-corrected chi connectivity index (χ1v) is 11.8. The van der Waals surface area contributed by atoms with Gasteiger partial charge < -0.3 is 14.4 Å². The van der Waals surface area contributed by atoms with E-state index in [0.717, 1.165) is 41.8 Å². The maximum Gasteiger partial charge on any atom is 0.337 e. The zero-order valence-corrected chi connectivity index (χ0v) is 20.3. The number of fused-ring (bicyclic) bond motifs is 1. The first-order valence-electron chi connectivity index (χ1n) is 11.8. The lowest BCUT2D eigenvalue weighted by Crippen LogP contribution is -2.14. The van der Waals surface area contributed by atoms with Gasteiger partial charge in [-0.25, -0.2) is 4.79 Å². The highest BCUT2D eigenvalue weighted by atomic mass is 16.5. The third-order valence-electron chi connectivity index (χ3n) is 5.81. The summed E-state index contributed by atoms with van der Waals surface area (Å²) in [5, 5.41) is 10.5. The molecule has 2 heterocycles. The minimum atomic E-state index is -0.982. The van der Waals surface area contributed by atoms with Crippen LogP contribution in [0, 0.1) is 5.41 Å². The predicted octanol–water partition coefficient (Wildman–Crippen LogP) is 6.98. The Morgan fingerprint density at radius 2 is 1.88 bits per heavy atom. The van der Waals surface area contributed by atoms with Gasteiger partial charge in [-0.3, -0.25) is 4.98 Å². The Hall–Kier alpha value is -3.60. The number of hydrogen-bond acceptors (Lipinski definition) is 3. The molecule has 0 fully saturated rings. The van der Waals surface area contributed by atoms with Crippen LogP contribution in [0.25, 0.3) is 22.0 Å². The Balaban J connectivity index is 1.59. The number of hydrogen-bond donors (Lipinski definition) is 1. The number of benzene rings is 2. The van der Waals surface area contributed by atoms with Gasteiger partial charge in [-0.2, -0.15) is 0 Å². The molecule has 4 aromatic rings. The Morgan fingerprint density at radius 3 is 2.62 bits per heavy atom. The average molecular weight is 457 g/mol. The molecule has 2 aromatic carbocycles. The molecule has 0 atom stereocenters. The van der Waals surface area contributed by atoms with E-state index in [4.69, 9.17) is 4.74 Å². The number of nitrogens with zero attached hydrogens (tertiary/aromatic N) is 2. The van der Waals surface area contributed by atoms with Gasteiger partial charge in [0.15, 0.2) is 0 Å². The van der Waals surface area contributed by atoms with Crippen LogP contribution in [0.1, 0.15) is 55.6 Å². The molecule has 0 radical (unpaired) electrons. The van der Waals surface area contributed by atoms with Crippen LogP contribution in [0.15, 0.2) is 67.1 Å². The molecule has 0 aliphatic rings. The van der Waals surface area contributed by atoms with Gasteiger partial charge >= 0.3 is 5.97 Å². The Morgan fingerprint density at radius 1 is 1.06 bits per heavy atom. The van der Waals surface area contributed by atoms with Gasteiger partial charge in [0.25, 0.3) is 0 Å². The summed E-state index contributed by atoms with van der Waals surface area (Å²) in [5.74, 6) is -0.0631. The van der Waals surface area contributed by atoms with Crippen LogP contribution < -0.4 is 4.74 Å². The maximum absolute atomic E-state index is 11.3. The molecular formula is C29H32N2O3. The number of ether oxygens (including phenoxy) is 1. The Bertz CT molecular complexity index is 1310. The molecule has 2 aromatic heterocycles. The summed E-state index contributed by atoms with van der Waals surface area (Å²) in [7, 11) is 0. The van der Waals surface area contributed by atoms with Crippen LogP contribution in [0.2, 0.25) is 0 Å². The van der Waals surface area contributed by atoms with E-state index in [1.54, 1.807) is 12.3 Å². The fraction of sp³-hybridized carbons (Fsp3) is 0.310. The first kappa shape index (κ1) is 23.6. The first-order chi connectivity index (χ1) is 16.2. The van der Waals surface area contributed by atoms with E-state index in [9.17, 15) is 9.90 Å². The van der Waals surface area contributed by atoms with Crippen molar-refractivity contribution >= 4 is 16.9 Å². The van der Waals surface area contributed by atoms with E-state index < -0.39 is 5.97 Å². The molecule has 0 aliphatic heterocycles. The van der Waals surface area contributed by atoms with E-state index in [0.29, 0.717) is 6.61 Å². The largest absolute Gasteiger partial charge is 0.489 e. The average Bonchev–Trinajstić information content (AvgIpc) is 3.20. The number of aromatic nitrogens is 2. The van der Waals surface area contributed by atoms with Crippen molar-refractivity contribution in [1.29, 1.82) is 0 Å². The lowest BCUT2D eigenvalue weighted by molar-refractivity contribution is 0.0696. The second kappa shape index (κ2) is 9.72. The predicted molar refractivity (Wildman–Crippen MR) is 136 cm³/mol. The second-order valence-electron chi connectivity index (χ2n) is 9.99. The zero-order chi connectivity index (χ0) is 24.3. The summed E-state index contributed by atoms with van der Waals surface area (Å²) in [6, 6.07) is 16.1. The van der Waals surface area contributed by atoms with Gasteiger partial charge in [0.05, 0.1) is 5.56 Å². The Kier molecular flexibility index (Phi) is 6.73. The van der Waals surface area contributed by atoms with Crippen molar-refractivity contribution in [3.05, 3.63) is 83.8 Å². The quantitative estimate of drug-likeness (QED) is 0.311. The van der Waals surface area contributed by atoms with Crippen molar-refractivity contribution in [3.63, 3.8) is 0 Å². The summed E-state index contributed by atoms with van der Waals surface area (Å²) in [6.07, 6.45) is 7.23. The van der Waals surface area contributed by atoms with Crippen LogP contribution in [0.4, 0.5) is 0 Å². The minimum Gasteiger partial charge on any atom is -0.489 e. The van der Waals surface area contributed by atoms with Crippen molar-refractivity contribution in [1.82, 2.24) is 9.55 Å². The van der Waals surface area contributed by atoms with Crippen LogP contribution in [0.3, 0.4) is 0 Å². The number of aromatic carboxylic acids is 1. The number of carbonyl (C=O) groups is 1. The van der Waals surface area contributed by atoms with Crippen LogP contribution in [-0.4, -0.2) is 20.6 Å². The SMILES string of the molecule is CCCc1c(OCc2cccc(-c3cncc(C(=O)O)c3)c2)ccc2c1ccn2CC(C)(C)C. The highest BCUT2D eigenvalue weighted by Crippen LogP contribution is 2.32. The lowest BCUT2D eigenvalue weighted by atomic mass is 9.97. The van der Waals surface area contributed by atoms with Gasteiger partial charge in [-0.15, -0.1) is 0 Å². The van der Waals surface area contributed by atoms with E-state index in [-0.39, 0.29) is 11.0 Å². The molecule has 0 saturated heterocycles. The number of pyridine rings is 1. The van der Waals surface area contributed by atoms with Crippen molar-refractivity contribution in [3.8, 4) is 16.9 Å². The maximum atomic E-state index is 11.3. The third-order valence-corrected chi connectivity index (χ3v) is 5.81. The standard InChI is InChI=1S/C29H32N2O3/c1-5-7-25-24-12-13-31(19-29(2,3)4)26(24)10-11-27(25)34-18-20-8-6-9-21(14-20)22-15-23(28(32)33)17-30-16-22/h6,8-17H,5,7,18-19H2,1-4H3,(H,32,33). The topological polar surface area (TPSA) is 64.3 Å². The van der Waals surface area contributed by atoms with Gasteiger partial charge in [0.1, 0.15) is 12.4 Å². The van der Waals surface area contributed by atoms with E-state index >= 15 is 0 Å². The minimum absolute atomic E-state index is 0.176. The third kappa shape index (κ3) is 5.30. The molecule has 34 heavy (non-hydrogen) atoms. The summed E-state index contributed by atoms with van der Waals surface area (Å²) >= 11 is 0. The lowest BCUT2D eigenvalue weighted by Gasteiger charge is -2.20.